The maximum atomic E-state index is 13.4. The largest absolute Gasteiger partial charge is 0.416 e. The number of rotatable bonds is 3. The van der Waals surface area contributed by atoms with E-state index < -0.39 is 34.9 Å². The van der Waals surface area contributed by atoms with E-state index in [2.05, 4.69) is 5.32 Å². The Labute approximate surface area is 118 Å². The summed E-state index contributed by atoms with van der Waals surface area (Å²) in [6.07, 6.45) is -4.02. The molecule has 0 saturated heterocycles. The van der Waals surface area contributed by atoms with Crippen LogP contribution in [0.4, 0.5) is 17.6 Å². The number of hydrogen-bond acceptors (Lipinski definition) is 2. The van der Waals surface area contributed by atoms with Gasteiger partial charge in [-0.15, -0.1) is 0 Å². The Balaban J connectivity index is 2.36. The summed E-state index contributed by atoms with van der Waals surface area (Å²) in [5, 5.41) is 11.1. The fraction of sp³-hybridized carbons (Fsp3) is 0.429. The molecule has 1 aromatic carbocycles. The van der Waals surface area contributed by atoms with Gasteiger partial charge >= 0.3 is 6.18 Å². The van der Waals surface area contributed by atoms with Crippen molar-refractivity contribution in [2.24, 2.45) is 0 Å². The van der Waals surface area contributed by atoms with Gasteiger partial charge in [-0.25, -0.2) is 4.39 Å². The Bertz CT molecular complexity index is 614. The van der Waals surface area contributed by atoms with E-state index in [1.807, 2.05) is 6.07 Å². The lowest BCUT2D eigenvalue weighted by atomic mass is 9.92. The van der Waals surface area contributed by atoms with E-state index in [0.717, 1.165) is 12.1 Å². The maximum absolute atomic E-state index is 13.4. The highest BCUT2D eigenvalue weighted by Gasteiger charge is 2.52. The van der Waals surface area contributed by atoms with Crippen molar-refractivity contribution in [1.29, 1.82) is 5.26 Å². The predicted molar refractivity (Wildman–Crippen MR) is 65.5 cm³/mol. The third kappa shape index (κ3) is 2.99. The van der Waals surface area contributed by atoms with Crippen LogP contribution >= 0.6 is 0 Å². The molecular weight excluding hydrogens is 288 g/mol. The molecule has 1 aliphatic carbocycles. The minimum atomic E-state index is -4.68. The molecule has 3 nitrogen and oxygen atoms in total. The molecule has 1 aliphatic rings. The molecule has 0 radical (unpaired) electrons. The fourth-order valence-corrected chi connectivity index (χ4v) is 2.17. The second-order valence-corrected chi connectivity index (χ2v) is 5.13. The Kier molecular flexibility index (Phi) is 3.66. The van der Waals surface area contributed by atoms with Gasteiger partial charge in [-0.3, -0.25) is 4.79 Å². The summed E-state index contributed by atoms with van der Waals surface area (Å²) in [6, 6.07) is 3.19. The lowest BCUT2D eigenvalue weighted by Gasteiger charge is -2.18. The Hall–Kier alpha value is -2.10. The summed E-state index contributed by atoms with van der Waals surface area (Å²) < 4.78 is 51.6. The summed E-state index contributed by atoms with van der Waals surface area (Å²) in [4.78, 5) is 12.1. The maximum Gasteiger partial charge on any atom is 0.416 e. The average molecular weight is 300 g/mol. The van der Waals surface area contributed by atoms with E-state index in [0.29, 0.717) is 18.9 Å². The minimum Gasteiger partial charge on any atom is -0.340 e. The molecule has 0 aromatic heterocycles. The van der Waals surface area contributed by atoms with Crippen molar-refractivity contribution in [1.82, 2.24) is 5.32 Å². The number of halogens is 4. The minimum absolute atomic E-state index is 0.00235. The van der Waals surface area contributed by atoms with Gasteiger partial charge in [-0.1, -0.05) is 0 Å². The molecule has 1 aromatic rings. The van der Waals surface area contributed by atoms with Gasteiger partial charge in [-0.2, -0.15) is 18.4 Å². The summed E-state index contributed by atoms with van der Waals surface area (Å²) in [5.41, 5.74) is -2.28. The van der Waals surface area contributed by atoms with E-state index in [-0.39, 0.29) is 5.56 Å². The molecule has 0 spiro atoms. The van der Waals surface area contributed by atoms with Crippen LogP contribution in [0.3, 0.4) is 0 Å². The average Bonchev–Trinajstić information content (AvgIpc) is 3.18. The fourth-order valence-electron chi connectivity index (χ4n) is 2.17. The van der Waals surface area contributed by atoms with Crippen LogP contribution in [0.25, 0.3) is 0 Å². The first kappa shape index (κ1) is 15.3. The van der Waals surface area contributed by atoms with Crippen molar-refractivity contribution >= 4 is 5.91 Å². The zero-order valence-electron chi connectivity index (χ0n) is 11.1. The van der Waals surface area contributed by atoms with Crippen LogP contribution in [0, 0.1) is 17.1 Å². The Morgan fingerprint density at radius 2 is 2.00 bits per heavy atom. The van der Waals surface area contributed by atoms with Crippen LogP contribution < -0.4 is 5.32 Å². The monoisotopic (exact) mass is 300 g/mol. The summed E-state index contributed by atoms with van der Waals surface area (Å²) in [7, 11) is 0. The molecule has 0 bridgehead atoms. The summed E-state index contributed by atoms with van der Waals surface area (Å²) in [5.74, 6) is -1.58. The smallest absolute Gasteiger partial charge is 0.340 e. The molecule has 1 N–H and O–H groups in total. The van der Waals surface area contributed by atoms with Crippen LogP contribution in [-0.2, 0) is 16.4 Å². The van der Waals surface area contributed by atoms with Gasteiger partial charge in [0.25, 0.3) is 0 Å². The molecular formula is C14H12F4N2O. The van der Waals surface area contributed by atoms with Crippen LogP contribution in [0.2, 0.25) is 0 Å². The molecule has 1 fully saturated rings. The second kappa shape index (κ2) is 5.02. The van der Waals surface area contributed by atoms with Crippen molar-refractivity contribution in [2.75, 3.05) is 0 Å². The van der Waals surface area contributed by atoms with Crippen molar-refractivity contribution in [2.45, 2.75) is 37.4 Å². The normalized spacial score (nSPS) is 17.7. The van der Waals surface area contributed by atoms with Crippen molar-refractivity contribution in [3.05, 3.63) is 35.1 Å². The lowest BCUT2D eigenvalue weighted by Crippen LogP contribution is -2.39. The number of carbonyl (C=O) groups excluding carboxylic acids is 1. The number of nitrogens with zero attached hydrogens (tertiary/aromatic N) is 1. The topological polar surface area (TPSA) is 52.9 Å². The Morgan fingerprint density at radius 3 is 2.48 bits per heavy atom. The number of hydrogen-bond donors (Lipinski definition) is 1. The first-order valence-corrected chi connectivity index (χ1v) is 6.28. The first-order chi connectivity index (χ1) is 9.69. The van der Waals surface area contributed by atoms with Gasteiger partial charge < -0.3 is 5.32 Å². The van der Waals surface area contributed by atoms with Gasteiger partial charge in [0.05, 0.1) is 17.0 Å². The van der Waals surface area contributed by atoms with E-state index in [9.17, 15) is 22.4 Å². The van der Waals surface area contributed by atoms with Crippen LogP contribution in [0.1, 0.15) is 30.9 Å². The van der Waals surface area contributed by atoms with Gasteiger partial charge in [0, 0.05) is 0 Å². The van der Waals surface area contributed by atoms with Gasteiger partial charge in [0.1, 0.15) is 11.9 Å². The number of nitriles is 1. The lowest BCUT2D eigenvalue weighted by molar-refractivity contribution is -0.138. The molecule has 1 amide bonds. The SMILES string of the molecule is C[C@@H](C#N)NC(=O)C1(c2cc(F)cc(C(F)(F)F)c2)CC1. The van der Waals surface area contributed by atoms with Gasteiger partial charge in [0.2, 0.25) is 5.91 Å². The Morgan fingerprint density at radius 1 is 1.38 bits per heavy atom. The van der Waals surface area contributed by atoms with Crippen LogP contribution in [-0.4, -0.2) is 11.9 Å². The van der Waals surface area contributed by atoms with Crippen LogP contribution in [0.5, 0.6) is 0 Å². The number of benzene rings is 1. The molecule has 21 heavy (non-hydrogen) atoms. The predicted octanol–water partition coefficient (Wildman–Crippen LogP) is 2.90. The molecule has 7 heteroatoms. The zero-order chi connectivity index (χ0) is 15.8. The van der Waals surface area contributed by atoms with E-state index >= 15 is 0 Å². The third-order valence-corrected chi connectivity index (χ3v) is 3.50. The molecule has 0 heterocycles. The quantitative estimate of drug-likeness (QED) is 0.873. The van der Waals surface area contributed by atoms with Crippen molar-refractivity contribution in [3.8, 4) is 6.07 Å². The van der Waals surface area contributed by atoms with Gasteiger partial charge in [0.15, 0.2) is 0 Å². The van der Waals surface area contributed by atoms with E-state index in [1.165, 1.54) is 6.92 Å². The molecule has 0 unspecified atom stereocenters. The van der Waals surface area contributed by atoms with Crippen molar-refractivity contribution in [3.63, 3.8) is 0 Å². The third-order valence-electron chi connectivity index (χ3n) is 3.50. The van der Waals surface area contributed by atoms with Crippen molar-refractivity contribution < 1.29 is 22.4 Å². The van der Waals surface area contributed by atoms with Gasteiger partial charge in [-0.05, 0) is 43.5 Å². The number of amides is 1. The second-order valence-electron chi connectivity index (χ2n) is 5.13. The van der Waals surface area contributed by atoms with E-state index in [4.69, 9.17) is 5.26 Å². The number of carbonyl (C=O) groups is 1. The number of alkyl halides is 3. The molecule has 1 saturated carbocycles. The highest BCUT2D eigenvalue weighted by atomic mass is 19.4. The molecule has 112 valence electrons. The zero-order valence-corrected chi connectivity index (χ0v) is 11.1. The summed E-state index contributed by atoms with van der Waals surface area (Å²) in [6.45, 7) is 1.46. The highest BCUT2D eigenvalue weighted by Crippen LogP contribution is 2.49. The summed E-state index contributed by atoms with van der Waals surface area (Å²) >= 11 is 0. The first-order valence-electron chi connectivity index (χ1n) is 6.28. The van der Waals surface area contributed by atoms with E-state index in [1.54, 1.807) is 0 Å². The van der Waals surface area contributed by atoms with Crippen LogP contribution in [0.15, 0.2) is 18.2 Å². The molecule has 0 aliphatic heterocycles. The highest BCUT2D eigenvalue weighted by molar-refractivity contribution is 5.91. The number of nitrogens with one attached hydrogen (secondary N) is 1. The molecule has 2 rings (SSSR count). The molecule has 1 atom stereocenters. The standard InChI is InChI=1S/C14H12F4N2O/c1-8(7-19)20-12(21)13(2-3-13)9-4-10(14(16,17)18)6-11(15)5-9/h4-6,8H,2-3H2,1H3,(H,20,21)/t8-/m0/s1.